The molecule has 3 amide bonds. The number of aryl methyl sites for hydroxylation is 2. The molecule has 2 aromatic rings. The van der Waals surface area contributed by atoms with Crippen LogP contribution in [0.1, 0.15) is 94.5 Å². The standard InChI is InChI=1S/C33H47N3O4/c1-7-8-12-18-34-30(37)29(26-20-23(2)19-24(3)21-26)36(27-16-13-17-27)31(38)28(22-25-14-10-9-11-15-25)35-32(39)40-33(4,5)6/h9-11,14-15,19-21,27-29H,7-8,12-13,16-18,22H2,1-6H3,(H,34,37)(H,35,39). The van der Waals surface area contributed by atoms with Gasteiger partial charge in [-0.3, -0.25) is 9.59 Å². The molecule has 1 fully saturated rings. The number of nitrogens with one attached hydrogen (secondary N) is 2. The molecular formula is C33H47N3O4. The third-order valence-corrected chi connectivity index (χ3v) is 7.16. The molecule has 0 aliphatic heterocycles. The third kappa shape index (κ3) is 9.10. The molecule has 2 unspecified atom stereocenters. The summed E-state index contributed by atoms with van der Waals surface area (Å²) in [4.78, 5) is 43.1. The van der Waals surface area contributed by atoms with Crippen molar-refractivity contribution < 1.29 is 19.1 Å². The lowest BCUT2D eigenvalue weighted by molar-refractivity contribution is -0.147. The molecule has 0 spiro atoms. The molecule has 40 heavy (non-hydrogen) atoms. The van der Waals surface area contributed by atoms with E-state index in [1.165, 1.54) is 0 Å². The summed E-state index contributed by atoms with van der Waals surface area (Å²) >= 11 is 0. The Bertz CT molecular complexity index is 1120. The monoisotopic (exact) mass is 549 g/mol. The van der Waals surface area contributed by atoms with Crippen LogP contribution in [-0.2, 0) is 20.7 Å². The van der Waals surface area contributed by atoms with Gasteiger partial charge in [-0.15, -0.1) is 0 Å². The van der Waals surface area contributed by atoms with Gasteiger partial charge in [0.2, 0.25) is 11.8 Å². The van der Waals surface area contributed by atoms with Gasteiger partial charge in [-0.25, -0.2) is 4.79 Å². The smallest absolute Gasteiger partial charge is 0.408 e. The highest BCUT2D eigenvalue weighted by atomic mass is 16.6. The molecule has 0 radical (unpaired) electrons. The van der Waals surface area contributed by atoms with E-state index in [2.05, 4.69) is 23.6 Å². The fourth-order valence-corrected chi connectivity index (χ4v) is 5.15. The lowest BCUT2D eigenvalue weighted by Crippen LogP contribution is -2.58. The van der Waals surface area contributed by atoms with Crippen LogP contribution in [0.25, 0.3) is 0 Å². The van der Waals surface area contributed by atoms with Crippen molar-refractivity contribution in [1.82, 2.24) is 15.5 Å². The van der Waals surface area contributed by atoms with Gasteiger partial charge in [0, 0.05) is 19.0 Å². The molecule has 0 saturated heterocycles. The first-order valence-corrected chi connectivity index (χ1v) is 14.7. The van der Waals surface area contributed by atoms with Gasteiger partial charge in [0.15, 0.2) is 0 Å². The Morgan fingerprint density at radius 2 is 1.65 bits per heavy atom. The zero-order valence-electron chi connectivity index (χ0n) is 25.1. The number of hydrogen-bond donors (Lipinski definition) is 2. The van der Waals surface area contributed by atoms with Crippen molar-refractivity contribution in [2.24, 2.45) is 0 Å². The Kier molecular flexibility index (Phi) is 11.2. The maximum absolute atomic E-state index is 14.5. The van der Waals surface area contributed by atoms with Crippen LogP contribution in [0.5, 0.6) is 0 Å². The molecule has 0 bridgehead atoms. The van der Waals surface area contributed by atoms with Crippen molar-refractivity contribution in [3.05, 3.63) is 70.8 Å². The van der Waals surface area contributed by atoms with E-state index in [0.717, 1.165) is 60.8 Å². The van der Waals surface area contributed by atoms with Gasteiger partial charge in [-0.2, -0.15) is 0 Å². The van der Waals surface area contributed by atoms with Gasteiger partial charge in [0.1, 0.15) is 17.7 Å². The summed E-state index contributed by atoms with van der Waals surface area (Å²) in [5, 5.41) is 5.96. The number of amides is 3. The molecule has 7 heteroatoms. The molecule has 1 aliphatic rings. The first kappa shape index (κ1) is 31.2. The van der Waals surface area contributed by atoms with E-state index in [9.17, 15) is 14.4 Å². The first-order valence-electron chi connectivity index (χ1n) is 14.7. The second kappa shape index (κ2) is 14.3. The minimum atomic E-state index is -0.890. The molecule has 0 heterocycles. The van der Waals surface area contributed by atoms with Crippen LogP contribution >= 0.6 is 0 Å². The average Bonchev–Trinajstić information content (AvgIpc) is 2.83. The number of nitrogens with zero attached hydrogens (tertiary/aromatic N) is 1. The average molecular weight is 550 g/mol. The predicted molar refractivity (Wildman–Crippen MR) is 159 cm³/mol. The number of carbonyl (C=O) groups is 3. The van der Waals surface area contributed by atoms with Crippen LogP contribution in [-0.4, -0.2) is 47.0 Å². The molecular weight excluding hydrogens is 502 g/mol. The Labute approximate surface area is 240 Å². The fourth-order valence-electron chi connectivity index (χ4n) is 5.15. The molecule has 218 valence electrons. The number of hydrogen-bond acceptors (Lipinski definition) is 4. The molecule has 1 aliphatic carbocycles. The van der Waals surface area contributed by atoms with Crippen LogP contribution < -0.4 is 10.6 Å². The van der Waals surface area contributed by atoms with Crippen molar-refractivity contribution >= 4 is 17.9 Å². The summed E-state index contributed by atoms with van der Waals surface area (Å²) in [7, 11) is 0. The number of unbranched alkanes of at least 4 members (excludes halogenated alkanes) is 2. The van der Waals surface area contributed by atoms with Gasteiger partial charge < -0.3 is 20.3 Å². The Hall–Kier alpha value is -3.35. The highest BCUT2D eigenvalue weighted by molar-refractivity contribution is 5.92. The second-order valence-corrected chi connectivity index (χ2v) is 12.0. The van der Waals surface area contributed by atoms with Crippen molar-refractivity contribution in [3.8, 4) is 0 Å². The SMILES string of the molecule is CCCCCNC(=O)C(c1cc(C)cc(C)c1)N(C(=O)C(Cc1ccccc1)NC(=O)OC(C)(C)C)C1CCC1. The summed E-state index contributed by atoms with van der Waals surface area (Å²) in [5.41, 5.74) is 3.07. The normalized spacial score (nSPS) is 14.9. The highest BCUT2D eigenvalue weighted by Crippen LogP contribution is 2.34. The molecule has 7 nitrogen and oxygen atoms in total. The zero-order chi connectivity index (χ0) is 29.3. The van der Waals surface area contributed by atoms with Gasteiger partial charge in [0.05, 0.1) is 0 Å². The van der Waals surface area contributed by atoms with Crippen LogP contribution in [0.4, 0.5) is 4.79 Å². The molecule has 3 rings (SSSR count). The van der Waals surface area contributed by atoms with Crippen LogP contribution in [0.3, 0.4) is 0 Å². The number of carbonyl (C=O) groups excluding carboxylic acids is 3. The molecule has 2 atom stereocenters. The summed E-state index contributed by atoms with van der Waals surface area (Å²) in [6, 6.07) is 13.9. The molecule has 2 aromatic carbocycles. The minimum Gasteiger partial charge on any atom is -0.444 e. The van der Waals surface area contributed by atoms with Crippen molar-refractivity contribution in [3.63, 3.8) is 0 Å². The molecule has 0 aromatic heterocycles. The second-order valence-electron chi connectivity index (χ2n) is 12.0. The minimum absolute atomic E-state index is 0.0848. The summed E-state index contributed by atoms with van der Waals surface area (Å²) in [5.74, 6) is -0.454. The highest BCUT2D eigenvalue weighted by Gasteiger charge is 2.42. The van der Waals surface area contributed by atoms with E-state index >= 15 is 0 Å². The van der Waals surface area contributed by atoms with Gasteiger partial charge in [-0.05, 0) is 71.4 Å². The van der Waals surface area contributed by atoms with E-state index in [-0.39, 0.29) is 17.9 Å². The largest absolute Gasteiger partial charge is 0.444 e. The number of benzene rings is 2. The number of rotatable bonds is 12. The predicted octanol–water partition coefficient (Wildman–Crippen LogP) is 6.17. The van der Waals surface area contributed by atoms with Crippen molar-refractivity contribution in [2.45, 2.75) is 110 Å². The van der Waals surface area contributed by atoms with Crippen LogP contribution in [0, 0.1) is 13.8 Å². The summed E-state index contributed by atoms with van der Waals surface area (Å²) < 4.78 is 5.54. The number of ether oxygens (including phenoxy) is 1. The number of alkyl carbamates (subject to hydrolysis) is 1. The Morgan fingerprint density at radius 3 is 2.20 bits per heavy atom. The molecule has 2 N–H and O–H groups in total. The summed E-state index contributed by atoms with van der Waals surface area (Å²) in [6.07, 6.45) is 5.24. The van der Waals surface area contributed by atoms with E-state index in [4.69, 9.17) is 4.74 Å². The zero-order valence-corrected chi connectivity index (χ0v) is 25.1. The van der Waals surface area contributed by atoms with Gasteiger partial charge in [0.25, 0.3) is 0 Å². The lowest BCUT2D eigenvalue weighted by atomic mass is 9.87. The summed E-state index contributed by atoms with van der Waals surface area (Å²) in [6.45, 7) is 12.1. The fraction of sp³-hybridized carbons (Fsp3) is 0.545. The maximum Gasteiger partial charge on any atom is 0.408 e. The first-order chi connectivity index (χ1) is 19.0. The topological polar surface area (TPSA) is 87.7 Å². The van der Waals surface area contributed by atoms with E-state index in [1.54, 1.807) is 25.7 Å². The van der Waals surface area contributed by atoms with E-state index in [0.29, 0.717) is 13.0 Å². The van der Waals surface area contributed by atoms with Gasteiger partial charge in [-0.1, -0.05) is 79.4 Å². The van der Waals surface area contributed by atoms with Crippen molar-refractivity contribution in [1.29, 1.82) is 0 Å². The van der Waals surface area contributed by atoms with E-state index < -0.39 is 23.8 Å². The van der Waals surface area contributed by atoms with E-state index in [1.807, 2.05) is 56.3 Å². The quantitative estimate of drug-likeness (QED) is 0.310. The van der Waals surface area contributed by atoms with Crippen LogP contribution in [0.2, 0.25) is 0 Å². The Morgan fingerprint density at radius 1 is 1.00 bits per heavy atom. The Balaban J connectivity index is 2.02. The van der Waals surface area contributed by atoms with Crippen LogP contribution in [0.15, 0.2) is 48.5 Å². The maximum atomic E-state index is 14.5. The van der Waals surface area contributed by atoms with Crippen molar-refractivity contribution in [2.75, 3.05) is 6.54 Å². The molecule has 1 saturated carbocycles. The van der Waals surface area contributed by atoms with Gasteiger partial charge >= 0.3 is 6.09 Å². The lowest BCUT2D eigenvalue weighted by Gasteiger charge is -2.43. The third-order valence-electron chi connectivity index (χ3n) is 7.16.